The van der Waals surface area contributed by atoms with Gasteiger partial charge in [0, 0.05) is 12.1 Å². The summed E-state index contributed by atoms with van der Waals surface area (Å²) in [7, 11) is 0. The van der Waals surface area contributed by atoms with E-state index in [1.54, 1.807) is 18.2 Å². The largest absolute Gasteiger partial charge is 0.489 e. The number of ether oxygens (including phenoxy) is 1. The fraction of sp³-hybridized carbons (Fsp3) is 0.118. The quantitative estimate of drug-likeness (QED) is 0.718. The van der Waals surface area contributed by atoms with Crippen LogP contribution in [0.5, 0.6) is 5.75 Å². The molecule has 0 atom stereocenters. The molecule has 1 heterocycles. The number of alkyl halides is 3. The van der Waals surface area contributed by atoms with Crippen LogP contribution in [0.15, 0.2) is 64.0 Å². The first-order valence-corrected chi connectivity index (χ1v) is 6.74. The Morgan fingerprint density at radius 1 is 1.00 bits per heavy atom. The molecule has 3 nitrogen and oxygen atoms in total. The molecule has 6 heteroatoms. The first-order valence-electron chi connectivity index (χ1n) is 6.74. The van der Waals surface area contributed by atoms with Crippen LogP contribution in [0.2, 0.25) is 0 Å². The Balaban J connectivity index is 1.74. The molecule has 0 aliphatic heterocycles. The molecule has 23 heavy (non-hydrogen) atoms. The summed E-state index contributed by atoms with van der Waals surface area (Å²) in [6.45, 7) is 0.112. The van der Waals surface area contributed by atoms with Gasteiger partial charge in [0.25, 0.3) is 0 Å². The minimum atomic E-state index is -4.35. The summed E-state index contributed by atoms with van der Waals surface area (Å²) in [6.07, 6.45) is -3.06. The molecule has 0 unspecified atom stereocenters. The van der Waals surface area contributed by atoms with Crippen molar-refractivity contribution in [3.8, 4) is 5.75 Å². The fourth-order valence-corrected chi connectivity index (χ4v) is 2.11. The lowest BCUT2D eigenvalue weighted by molar-refractivity contribution is -0.137. The van der Waals surface area contributed by atoms with Gasteiger partial charge in [-0.3, -0.25) is 4.79 Å². The molecule has 0 saturated heterocycles. The van der Waals surface area contributed by atoms with Crippen LogP contribution in [0.25, 0.3) is 11.0 Å². The Kier molecular flexibility index (Phi) is 3.82. The lowest BCUT2D eigenvalue weighted by Gasteiger charge is -2.09. The van der Waals surface area contributed by atoms with E-state index in [0.717, 1.165) is 12.1 Å². The molecular formula is C17H11F3O3. The van der Waals surface area contributed by atoms with Gasteiger partial charge in [-0.2, -0.15) is 13.2 Å². The van der Waals surface area contributed by atoms with Crippen molar-refractivity contribution in [1.29, 1.82) is 0 Å². The summed E-state index contributed by atoms with van der Waals surface area (Å²) in [6, 6.07) is 10.8. The molecular weight excluding hydrogens is 309 g/mol. The number of fused-ring (bicyclic) bond motifs is 1. The van der Waals surface area contributed by atoms with Crippen LogP contribution in [0.4, 0.5) is 13.2 Å². The SMILES string of the molecule is O=c1ccoc2cc(OCc3ccc(C(F)(F)F)cc3)ccc12. The zero-order valence-corrected chi connectivity index (χ0v) is 11.8. The third-order valence-electron chi connectivity index (χ3n) is 3.32. The minimum absolute atomic E-state index is 0.112. The zero-order valence-electron chi connectivity index (χ0n) is 11.8. The maximum atomic E-state index is 12.5. The Morgan fingerprint density at radius 2 is 1.74 bits per heavy atom. The summed E-state index contributed by atoms with van der Waals surface area (Å²) < 4.78 is 48.2. The van der Waals surface area contributed by atoms with Crippen molar-refractivity contribution in [2.24, 2.45) is 0 Å². The van der Waals surface area contributed by atoms with Crippen molar-refractivity contribution in [3.05, 3.63) is 76.1 Å². The molecule has 0 spiro atoms. The first-order chi connectivity index (χ1) is 10.9. The van der Waals surface area contributed by atoms with Crippen molar-refractivity contribution < 1.29 is 22.3 Å². The molecule has 0 fully saturated rings. The second kappa shape index (κ2) is 5.79. The van der Waals surface area contributed by atoms with Crippen molar-refractivity contribution in [2.45, 2.75) is 12.8 Å². The Morgan fingerprint density at radius 3 is 2.43 bits per heavy atom. The Bertz CT molecular complexity index is 880. The predicted octanol–water partition coefficient (Wildman–Crippen LogP) is 4.39. The highest BCUT2D eigenvalue weighted by Gasteiger charge is 2.29. The van der Waals surface area contributed by atoms with E-state index in [2.05, 4.69) is 0 Å². The monoisotopic (exact) mass is 320 g/mol. The molecule has 0 bridgehead atoms. The van der Waals surface area contributed by atoms with Gasteiger partial charge in [0.1, 0.15) is 17.9 Å². The van der Waals surface area contributed by atoms with Crippen molar-refractivity contribution in [2.75, 3.05) is 0 Å². The number of hydrogen-bond acceptors (Lipinski definition) is 3. The van der Waals surface area contributed by atoms with Crippen molar-refractivity contribution >= 4 is 11.0 Å². The zero-order chi connectivity index (χ0) is 16.4. The van der Waals surface area contributed by atoms with Gasteiger partial charge in [-0.05, 0) is 29.8 Å². The van der Waals surface area contributed by atoms with Gasteiger partial charge < -0.3 is 9.15 Å². The summed E-state index contributed by atoms with van der Waals surface area (Å²) in [4.78, 5) is 11.6. The molecule has 0 aliphatic carbocycles. The minimum Gasteiger partial charge on any atom is -0.489 e. The lowest BCUT2D eigenvalue weighted by Crippen LogP contribution is -2.05. The van der Waals surface area contributed by atoms with E-state index in [1.165, 1.54) is 24.5 Å². The third-order valence-corrected chi connectivity index (χ3v) is 3.32. The maximum absolute atomic E-state index is 12.5. The van der Waals surface area contributed by atoms with Crippen molar-refractivity contribution in [1.82, 2.24) is 0 Å². The average Bonchev–Trinajstić information content (AvgIpc) is 2.52. The van der Waals surface area contributed by atoms with Gasteiger partial charge >= 0.3 is 6.18 Å². The van der Waals surface area contributed by atoms with E-state index < -0.39 is 11.7 Å². The molecule has 0 saturated carbocycles. The maximum Gasteiger partial charge on any atom is 0.416 e. The van der Waals surface area contributed by atoms with E-state index >= 15 is 0 Å². The summed E-state index contributed by atoms with van der Waals surface area (Å²) >= 11 is 0. The second-order valence-corrected chi connectivity index (χ2v) is 4.93. The molecule has 118 valence electrons. The van der Waals surface area contributed by atoms with Crippen LogP contribution >= 0.6 is 0 Å². The number of benzene rings is 2. The predicted molar refractivity (Wildman–Crippen MR) is 78.3 cm³/mol. The molecule has 0 amide bonds. The molecule has 0 aliphatic rings. The van der Waals surface area contributed by atoms with Gasteiger partial charge in [0.15, 0.2) is 5.43 Å². The van der Waals surface area contributed by atoms with Crippen molar-refractivity contribution in [3.63, 3.8) is 0 Å². The Hall–Kier alpha value is -2.76. The van der Waals surface area contributed by atoms with E-state index in [9.17, 15) is 18.0 Å². The molecule has 3 rings (SSSR count). The molecule has 0 N–H and O–H groups in total. The third kappa shape index (κ3) is 3.36. The van der Waals surface area contributed by atoms with Gasteiger partial charge in [-0.1, -0.05) is 12.1 Å². The lowest BCUT2D eigenvalue weighted by atomic mass is 10.1. The smallest absolute Gasteiger partial charge is 0.416 e. The fourth-order valence-electron chi connectivity index (χ4n) is 2.11. The van der Waals surface area contributed by atoms with Gasteiger partial charge in [-0.15, -0.1) is 0 Å². The van der Waals surface area contributed by atoms with E-state index in [4.69, 9.17) is 9.15 Å². The number of rotatable bonds is 3. The summed E-state index contributed by atoms with van der Waals surface area (Å²) in [5.74, 6) is 0.465. The Labute approximate surface area is 128 Å². The van der Waals surface area contributed by atoms with E-state index in [0.29, 0.717) is 22.3 Å². The van der Waals surface area contributed by atoms with Gasteiger partial charge in [0.05, 0.1) is 17.2 Å². The normalized spacial score (nSPS) is 11.6. The van der Waals surface area contributed by atoms with Crippen LogP contribution in [0, 0.1) is 0 Å². The van der Waals surface area contributed by atoms with Crippen LogP contribution in [0.1, 0.15) is 11.1 Å². The van der Waals surface area contributed by atoms with E-state index in [1.807, 2.05) is 0 Å². The highest BCUT2D eigenvalue weighted by molar-refractivity contribution is 5.77. The summed E-state index contributed by atoms with van der Waals surface area (Å²) in [5, 5.41) is 0.439. The van der Waals surface area contributed by atoms with Gasteiger partial charge in [0.2, 0.25) is 0 Å². The molecule has 3 aromatic rings. The summed E-state index contributed by atoms with van der Waals surface area (Å²) in [5.41, 5.74) is 0.143. The molecule has 1 aromatic heterocycles. The number of hydrogen-bond donors (Lipinski definition) is 0. The van der Waals surface area contributed by atoms with Crippen LogP contribution in [-0.2, 0) is 12.8 Å². The molecule has 0 radical (unpaired) electrons. The molecule has 2 aromatic carbocycles. The number of halogens is 3. The van der Waals surface area contributed by atoms with Gasteiger partial charge in [-0.25, -0.2) is 0 Å². The highest BCUT2D eigenvalue weighted by atomic mass is 19.4. The topological polar surface area (TPSA) is 39.4 Å². The first kappa shape index (κ1) is 15.1. The highest BCUT2D eigenvalue weighted by Crippen LogP contribution is 2.29. The van der Waals surface area contributed by atoms with E-state index in [-0.39, 0.29) is 12.0 Å². The second-order valence-electron chi connectivity index (χ2n) is 4.93. The average molecular weight is 320 g/mol. The van der Waals surface area contributed by atoms with Crippen LogP contribution < -0.4 is 10.2 Å². The standard InChI is InChI=1S/C17H11F3O3/c18-17(19,20)12-3-1-11(2-4-12)10-23-13-5-6-14-15(21)7-8-22-16(14)9-13/h1-9H,10H2. The van der Waals surface area contributed by atoms with Crippen LogP contribution in [0.3, 0.4) is 0 Å². The van der Waals surface area contributed by atoms with Crippen LogP contribution in [-0.4, -0.2) is 0 Å².